The maximum atomic E-state index is 13.0. The Labute approximate surface area is 208 Å². The van der Waals surface area contributed by atoms with Crippen LogP contribution in [0.2, 0.25) is 0 Å². The van der Waals surface area contributed by atoms with Crippen LogP contribution in [0.25, 0.3) is 32.9 Å². The zero-order valence-electron chi connectivity index (χ0n) is 20.2. The summed E-state index contributed by atoms with van der Waals surface area (Å²) >= 11 is 0. The molecule has 7 nitrogen and oxygen atoms in total. The topological polar surface area (TPSA) is 94.4 Å². The molecule has 3 aromatic carbocycles. The van der Waals surface area contributed by atoms with Crippen molar-refractivity contribution in [2.45, 2.75) is 26.8 Å². The lowest BCUT2D eigenvalue weighted by Crippen LogP contribution is -2.41. The maximum absolute atomic E-state index is 13.0. The van der Waals surface area contributed by atoms with E-state index in [1.54, 1.807) is 0 Å². The van der Waals surface area contributed by atoms with E-state index >= 15 is 0 Å². The Morgan fingerprint density at radius 2 is 1.78 bits per heavy atom. The zero-order chi connectivity index (χ0) is 25.0. The molecule has 0 saturated carbocycles. The number of aromatic nitrogens is 2. The molecule has 2 amide bonds. The van der Waals surface area contributed by atoms with E-state index in [2.05, 4.69) is 27.9 Å². The van der Waals surface area contributed by atoms with Gasteiger partial charge in [-0.05, 0) is 61.7 Å². The van der Waals surface area contributed by atoms with Crippen LogP contribution in [0.5, 0.6) is 0 Å². The van der Waals surface area contributed by atoms with Gasteiger partial charge in [0.25, 0.3) is 5.91 Å². The van der Waals surface area contributed by atoms with Crippen LogP contribution in [0.4, 0.5) is 0 Å². The number of aryl methyl sites for hydroxylation is 2. The third-order valence-corrected chi connectivity index (χ3v) is 7.13. The Bertz CT molecular complexity index is 1640. The average molecular weight is 479 g/mol. The van der Waals surface area contributed by atoms with Gasteiger partial charge in [-0.2, -0.15) is 0 Å². The Kier molecular flexibility index (Phi) is 5.14. The molecule has 1 aliphatic rings. The van der Waals surface area contributed by atoms with Gasteiger partial charge < -0.3 is 19.7 Å². The fourth-order valence-corrected chi connectivity index (χ4v) is 5.23. The molecule has 2 aromatic heterocycles. The van der Waals surface area contributed by atoms with Crippen LogP contribution in [-0.2, 0) is 6.54 Å². The van der Waals surface area contributed by atoms with Crippen LogP contribution in [0, 0.1) is 13.8 Å². The predicted molar refractivity (Wildman–Crippen MR) is 139 cm³/mol. The molecule has 7 heteroatoms. The molecule has 1 saturated heterocycles. The Hall–Kier alpha value is -4.39. The van der Waals surface area contributed by atoms with E-state index < -0.39 is 5.91 Å². The van der Waals surface area contributed by atoms with E-state index in [0.29, 0.717) is 23.4 Å². The van der Waals surface area contributed by atoms with Crippen LogP contribution in [0.3, 0.4) is 0 Å². The molecule has 0 aliphatic carbocycles. The molecule has 0 spiro atoms. The van der Waals surface area contributed by atoms with Crippen molar-refractivity contribution in [3.05, 3.63) is 88.8 Å². The number of nitrogens with two attached hydrogens (primary N) is 1. The fourth-order valence-electron chi connectivity index (χ4n) is 5.23. The number of benzene rings is 3. The molecular weight excluding hydrogens is 452 g/mol. The summed E-state index contributed by atoms with van der Waals surface area (Å²) in [5, 5.41) is 5.69. The highest BCUT2D eigenvalue weighted by Gasteiger charge is 2.25. The van der Waals surface area contributed by atoms with Crippen molar-refractivity contribution in [3.63, 3.8) is 0 Å². The molecule has 180 valence electrons. The Morgan fingerprint density at radius 3 is 2.42 bits per heavy atom. The van der Waals surface area contributed by atoms with Gasteiger partial charge in [-0.3, -0.25) is 9.59 Å². The van der Waals surface area contributed by atoms with Crippen molar-refractivity contribution in [2.24, 2.45) is 5.73 Å². The molecule has 5 aromatic rings. The van der Waals surface area contributed by atoms with Gasteiger partial charge in [-0.15, -0.1) is 0 Å². The lowest BCUT2D eigenvalue weighted by molar-refractivity contribution is 0.0652. The van der Waals surface area contributed by atoms with E-state index in [0.717, 1.165) is 63.7 Å². The second-order valence-electron chi connectivity index (χ2n) is 9.43. The normalized spacial score (nSPS) is 13.3. The van der Waals surface area contributed by atoms with Gasteiger partial charge in [0.15, 0.2) is 0 Å². The molecule has 0 radical (unpaired) electrons. The van der Waals surface area contributed by atoms with Crippen molar-refractivity contribution in [3.8, 4) is 11.1 Å². The summed E-state index contributed by atoms with van der Waals surface area (Å²) in [4.78, 5) is 27.7. The highest BCUT2D eigenvalue weighted by molar-refractivity contribution is 6.20. The molecule has 6 rings (SSSR count). The summed E-state index contributed by atoms with van der Waals surface area (Å²) in [5.74, 6) is 0.169. The fraction of sp³-hybridized carbons (Fsp3) is 0.207. The first-order valence-corrected chi connectivity index (χ1v) is 12.1. The number of amides is 2. The van der Waals surface area contributed by atoms with Crippen molar-refractivity contribution >= 4 is 33.6 Å². The van der Waals surface area contributed by atoms with Gasteiger partial charge in [-0.25, -0.2) is 0 Å². The summed E-state index contributed by atoms with van der Waals surface area (Å²) in [5.41, 5.74) is 12.3. The smallest absolute Gasteiger partial charge is 0.253 e. The molecule has 1 fully saturated rings. The number of hydrogen-bond donors (Lipinski definition) is 1. The molecular formula is C29H26N4O3. The first-order valence-electron chi connectivity index (χ1n) is 12.1. The second-order valence-corrected chi connectivity index (χ2v) is 9.43. The summed E-state index contributed by atoms with van der Waals surface area (Å²) < 4.78 is 7.60. The van der Waals surface area contributed by atoms with E-state index in [9.17, 15) is 9.59 Å². The third-order valence-electron chi connectivity index (χ3n) is 7.13. The second kappa shape index (κ2) is 8.37. The number of likely N-dealkylation sites (tertiary alicyclic amines) is 1. The van der Waals surface area contributed by atoms with E-state index in [1.807, 2.05) is 61.2 Å². The average Bonchev–Trinajstić information content (AvgIpc) is 3.33. The minimum absolute atomic E-state index is 0.0140. The number of rotatable bonds is 5. The van der Waals surface area contributed by atoms with E-state index in [1.165, 1.54) is 0 Å². The van der Waals surface area contributed by atoms with Gasteiger partial charge in [0.05, 0.1) is 11.2 Å². The lowest BCUT2D eigenvalue weighted by Gasteiger charge is -2.30. The third kappa shape index (κ3) is 3.47. The largest absolute Gasteiger partial charge is 0.366 e. The molecule has 3 heterocycles. The first kappa shape index (κ1) is 22.1. The zero-order valence-corrected chi connectivity index (χ0v) is 20.2. The monoisotopic (exact) mass is 478 g/mol. The van der Waals surface area contributed by atoms with Crippen LogP contribution in [-0.4, -0.2) is 39.5 Å². The number of carbonyl (C=O) groups excluding carboxylic acids is 2. The summed E-state index contributed by atoms with van der Waals surface area (Å²) in [6.07, 6.45) is 1.03. The lowest BCUT2D eigenvalue weighted by atomic mass is 9.97. The van der Waals surface area contributed by atoms with Gasteiger partial charge in [0.1, 0.15) is 5.76 Å². The predicted octanol–water partition coefficient (Wildman–Crippen LogP) is 5.06. The summed E-state index contributed by atoms with van der Waals surface area (Å²) in [6.45, 7) is 5.90. The van der Waals surface area contributed by atoms with Gasteiger partial charge in [0.2, 0.25) is 5.91 Å². The highest BCUT2D eigenvalue weighted by atomic mass is 16.5. The van der Waals surface area contributed by atoms with E-state index in [4.69, 9.17) is 10.3 Å². The first-order chi connectivity index (χ1) is 17.4. The number of carbonyl (C=O) groups is 2. The Morgan fingerprint density at radius 1 is 1.00 bits per heavy atom. The molecule has 0 atom stereocenters. The van der Waals surface area contributed by atoms with Crippen molar-refractivity contribution in [2.75, 3.05) is 13.1 Å². The highest BCUT2D eigenvalue weighted by Crippen LogP contribution is 2.38. The quantitative estimate of drug-likeness (QED) is 0.382. The molecule has 36 heavy (non-hydrogen) atoms. The van der Waals surface area contributed by atoms with Crippen LogP contribution in [0.15, 0.2) is 65.2 Å². The number of hydrogen-bond acceptors (Lipinski definition) is 4. The van der Waals surface area contributed by atoms with Gasteiger partial charge in [-0.1, -0.05) is 35.5 Å². The minimum atomic E-state index is -0.521. The van der Waals surface area contributed by atoms with Crippen molar-refractivity contribution in [1.29, 1.82) is 0 Å². The Balaban J connectivity index is 1.66. The maximum Gasteiger partial charge on any atom is 0.253 e. The van der Waals surface area contributed by atoms with Crippen LogP contribution < -0.4 is 5.73 Å². The molecule has 1 aliphatic heterocycles. The number of primary amides is 1. The van der Waals surface area contributed by atoms with Crippen molar-refractivity contribution < 1.29 is 14.1 Å². The summed E-state index contributed by atoms with van der Waals surface area (Å²) in [7, 11) is 0. The minimum Gasteiger partial charge on any atom is -0.366 e. The molecule has 2 N–H and O–H groups in total. The molecule has 0 unspecified atom stereocenters. The number of fused-ring (bicyclic) bond motifs is 3. The van der Waals surface area contributed by atoms with Crippen LogP contribution >= 0.6 is 0 Å². The van der Waals surface area contributed by atoms with E-state index in [-0.39, 0.29) is 5.91 Å². The van der Waals surface area contributed by atoms with Gasteiger partial charge in [0, 0.05) is 52.6 Å². The summed E-state index contributed by atoms with van der Waals surface area (Å²) in [6, 6.07) is 19.8. The molecule has 0 bridgehead atoms. The standard InChI is InChI=1S/C29H26N4O3/c1-17-26(18(2)36-31-17)21-14-23(28(30)34)27-22-13-20(29(35)32-11-6-12-32)9-10-24(22)33(25(27)15-21)16-19-7-4-3-5-8-19/h3-5,7-10,13-15H,6,11-12,16H2,1-2H3,(H2,30,34). The van der Waals surface area contributed by atoms with Gasteiger partial charge >= 0.3 is 0 Å². The SMILES string of the molecule is Cc1noc(C)c1-c1cc(C(N)=O)c2c3cc(C(=O)N4CCC4)ccc3n(Cc3ccccc3)c2c1. The van der Waals surface area contributed by atoms with Crippen molar-refractivity contribution in [1.82, 2.24) is 14.6 Å². The number of nitrogens with zero attached hydrogens (tertiary/aromatic N) is 3. The van der Waals surface area contributed by atoms with Crippen LogP contribution in [0.1, 0.15) is 44.2 Å².